The van der Waals surface area contributed by atoms with E-state index in [1.165, 1.54) is 11.1 Å². The molecular weight excluding hydrogens is 212 g/mol. The molecule has 2 rings (SSSR count). The van der Waals surface area contributed by atoms with Crippen molar-refractivity contribution >= 4 is 5.97 Å². The van der Waals surface area contributed by atoms with Gasteiger partial charge in [0.05, 0.1) is 5.92 Å². The lowest BCUT2D eigenvalue weighted by Gasteiger charge is -2.32. The SMILES string of the molecule is CC(C)CC(CC1Cc2ccccc21)C(=O)O. The highest BCUT2D eigenvalue weighted by Crippen LogP contribution is 2.40. The van der Waals surface area contributed by atoms with Gasteiger partial charge in [0.2, 0.25) is 0 Å². The second kappa shape index (κ2) is 4.91. The van der Waals surface area contributed by atoms with Gasteiger partial charge in [0.1, 0.15) is 0 Å². The van der Waals surface area contributed by atoms with Crippen molar-refractivity contribution in [2.45, 2.75) is 39.0 Å². The molecule has 2 heteroatoms. The van der Waals surface area contributed by atoms with E-state index in [0.717, 1.165) is 19.3 Å². The zero-order valence-corrected chi connectivity index (χ0v) is 10.5. The lowest BCUT2D eigenvalue weighted by atomic mass is 9.72. The number of carbonyl (C=O) groups is 1. The van der Waals surface area contributed by atoms with Gasteiger partial charge in [-0.2, -0.15) is 0 Å². The maximum absolute atomic E-state index is 11.2. The van der Waals surface area contributed by atoms with E-state index in [2.05, 4.69) is 32.0 Å². The second-order valence-corrected chi connectivity index (χ2v) is 5.50. The molecule has 0 aromatic heterocycles. The Bertz CT molecular complexity index is 409. The molecule has 0 spiro atoms. The van der Waals surface area contributed by atoms with Crippen molar-refractivity contribution in [3.05, 3.63) is 35.4 Å². The molecule has 0 heterocycles. The summed E-state index contributed by atoms with van der Waals surface area (Å²) in [6.45, 7) is 4.18. The largest absolute Gasteiger partial charge is 0.481 e. The first-order valence-corrected chi connectivity index (χ1v) is 6.38. The molecule has 1 aliphatic carbocycles. The summed E-state index contributed by atoms with van der Waals surface area (Å²) >= 11 is 0. The predicted octanol–water partition coefficient (Wildman–Crippen LogP) is 3.46. The van der Waals surface area contributed by atoms with Crippen LogP contribution in [0.5, 0.6) is 0 Å². The van der Waals surface area contributed by atoms with Crippen LogP contribution in [-0.2, 0) is 11.2 Å². The van der Waals surface area contributed by atoms with Crippen molar-refractivity contribution in [3.63, 3.8) is 0 Å². The van der Waals surface area contributed by atoms with E-state index in [1.54, 1.807) is 0 Å². The first-order valence-electron chi connectivity index (χ1n) is 6.38. The molecule has 1 aromatic rings. The molecule has 0 radical (unpaired) electrons. The van der Waals surface area contributed by atoms with Crippen molar-refractivity contribution in [2.24, 2.45) is 11.8 Å². The first-order chi connectivity index (χ1) is 8.08. The molecular formula is C15H20O2. The Kier molecular flexibility index (Phi) is 3.51. The molecule has 2 unspecified atom stereocenters. The molecule has 1 aromatic carbocycles. The standard InChI is InChI=1S/C15H20O2/c1-10(2)7-13(15(16)17)9-12-8-11-5-3-4-6-14(11)12/h3-6,10,12-13H,7-9H2,1-2H3,(H,16,17). The van der Waals surface area contributed by atoms with Crippen molar-refractivity contribution in [3.8, 4) is 0 Å². The Balaban J connectivity index is 1.99. The van der Waals surface area contributed by atoms with Crippen LogP contribution < -0.4 is 0 Å². The number of fused-ring (bicyclic) bond motifs is 1. The van der Waals surface area contributed by atoms with Crippen LogP contribution in [0.1, 0.15) is 43.7 Å². The minimum atomic E-state index is -0.636. The van der Waals surface area contributed by atoms with Gasteiger partial charge >= 0.3 is 5.97 Å². The summed E-state index contributed by atoms with van der Waals surface area (Å²) < 4.78 is 0. The van der Waals surface area contributed by atoms with Crippen LogP contribution in [0.3, 0.4) is 0 Å². The van der Waals surface area contributed by atoms with Gasteiger partial charge in [0.15, 0.2) is 0 Å². The molecule has 2 atom stereocenters. The summed E-state index contributed by atoms with van der Waals surface area (Å²) in [4.78, 5) is 11.2. The lowest BCUT2D eigenvalue weighted by Crippen LogP contribution is -2.24. The number of rotatable bonds is 5. The maximum Gasteiger partial charge on any atom is 0.306 e. The van der Waals surface area contributed by atoms with E-state index < -0.39 is 5.97 Å². The second-order valence-electron chi connectivity index (χ2n) is 5.50. The van der Waals surface area contributed by atoms with E-state index in [4.69, 9.17) is 0 Å². The molecule has 17 heavy (non-hydrogen) atoms. The third kappa shape index (κ3) is 2.68. The van der Waals surface area contributed by atoms with Gasteiger partial charge < -0.3 is 5.11 Å². The third-order valence-corrected chi connectivity index (χ3v) is 3.64. The first kappa shape index (κ1) is 12.2. The third-order valence-electron chi connectivity index (χ3n) is 3.64. The number of aliphatic carboxylic acids is 1. The van der Waals surface area contributed by atoms with Gasteiger partial charge in [-0.1, -0.05) is 38.1 Å². The Morgan fingerprint density at radius 3 is 2.71 bits per heavy atom. The summed E-state index contributed by atoms with van der Waals surface area (Å²) in [6, 6.07) is 8.38. The van der Waals surface area contributed by atoms with Crippen LogP contribution in [0.2, 0.25) is 0 Å². The van der Waals surface area contributed by atoms with Crippen LogP contribution in [0.4, 0.5) is 0 Å². The fourth-order valence-corrected chi connectivity index (χ4v) is 2.78. The van der Waals surface area contributed by atoms with Gasteiger partial charge in [-0.05, 0) is 42.2 Å². The van der Waals surface area contributed by atoms with Gasteiger partial charge in [0, 0.05) is 0 Å². The fourth-order valence-electron chi connectivity index (χ4n) is 2.78. The Morgan fingerprint density at radius 2 is 2.12 bits per heavy atom. The van der Waals surface area contributed by atoms with E-state index in [1.807, 2.05) is 6.07 Å². The number of hydrogen-bond donors (Lipinski definition) is 1. The normalized spacial score (nSPS) is 19.6. The lowest BCUT2D eigenvalue weighted by molar-refractivity contribution is -0.142. The number of carboxylic acids is 1. The van der Waals surface area contributed by atoms with Crippen LogP contribution >= 0.6 is 0 Å². The summed E-state index contributed by atoms with van der Waals surface area (Å²) in [5, 5.41) is 9.24. The number of hydrogen-bond acceptors (Lipinski definition) is 1. The van der Waals surface area contributed by atoms with Gasteiger partial charge in [-0.15, -0.1) is 0 Å². The highest BCUT2D eigenvalue weighted by atomic mass is 16.4. The predicted molar refractivity (Wildman–Crippen MR) is 68.1 cm³/mol. The number of carboxylic acid groups (broad SMARTS) is 1. The van der Waals surface area contributed by atoms with Crippen molar-refractivity contribution < 1.29 is 9.90 Å². The Labute approximate surface area is 103 Å². The van der Waals surface area contributed by atoms with Crippen molar-refractivity contribution in [2.75, 3.05) is 0 Å². The quantitative estimate of drug-likeness (QED) is 0.844. The maximum atomic E-state index is 11.2. The Morgan fingerprint density at radius 1 is 1.41 bits per heavy atom. The fraction of sp³-hybridized carbons (Fsp3) is 0.533. The van der Waals surface area contributed by atoms with Gasteiger partial charge in [-0.25, -0.2) is 0 Å². The molecule has 0 saturated heterocycles. The monoisotopic (exact) mass is 232 g/mol. The molecule has 0 aliphatic heterocycles. The molecule has 2 nitrogen and oxygen atoms in total. The average Bonchev–Trinajstić information content (AvgIpc) is 2.23. The molecule has 0 saturated carbocycles. The molecule has 1 N–H and O–H groups in total. The van der Waals surface area contributed by atoms with E-state index in [0.29, 0.717) is 11.8 Å². The molecule has 92 valence electrons. The van der Waals surface area contributed by atoms with E-state index >= 15 is 0 Å². The summed E-state index contributed by atoms with van der Waals surface area (Å²) in [5.74, 6) is 0.0916. The smallest absolute Gasteiger partial charge is 0.306 e. The van der Waals surface area contributed by atoms with Crippen molar-refractivity contribution in [1.29, 1.82) is 0 Å². The zero-order valence-electron chi connectivity index (χ0n) is 10.5. The van der Waals surface area contributed by atoms with Crippen molar-refractivity contribution in [1.82, 2.24) is 0 Å². The molecule has 1 aliphatic rings. The van der Waals surface area contributed by atoms with Crippen LogP contribution in [0.25, 0.3) is 0 Å². The average molecular weight is 232 g/mol. The summed E-state index contributed by atoms with van der Waals surface area (Å²) in [7, 11) is 0. The van der Waals surface area contributed by atoms with E-state index in [-0.39, 0.29) is 5.92 Å². The minimum Gasteiger partial charge on any atom is -0.481 e. The van der Waals surface area contributed by atoms with Crippen LogP contribution in [0, 0.1) is 11.8 Å². The molecule has 0 bridgehead atoms. The molecule has 0 fully saturated rings. The van der Waals surface area contributed by atoms with Gasteiger partial charge in [-0.3, -0.25) is 4.79 Å². The van der Waals surface area contributed by atoms with Crippen LogP contribution in [-0.4, -0.2) is 11.1 Å². The topological polar surface area (TPSA) is 37.3 Å². The zero-order chi connectivity index (χ0) is 12.4. The Hall–Kier alpha value is -1.31. The summed E-state index contributed by atoms with van der Waals surface area (Å²) in [5.41, 5.74) is 2.76. The van der Waals surface area contributed by atoms with E-state index in [9.17, 15) is 9.90 Å². The highest BCUT2D eigenvalue weighted by molar-refractivity contribution is 5.70. The summed E-state index contributed by atoms with van der Waals surface area (Å²) in [6.07, 6.45) is 2.64. The minimum absolute atomic E-state index is 0.187. The van der Waals surface area contributed by atoms with Gasteiger partial charge in [0.25, 0.3) is 0 Å². The molecule has 0 amide bonds. The van der Waals surface area contributed by atoms with Crippen LogP contribution in [0.15, 0.2) is 24.3 Å². The number of benzene rings is 1. The highest BCUT2D eigenvalue weighted by Gasteiger charge is 2.30.